The predicted molar refractivity (Wildman–Crippen MR) is 99.2 cm³/mol. The Morgan fingerprint density at radius 2 is 1.78 bits per heavy atom. The summed E-state index contributed by atoms with van der Waals surface area (Å²) in [6, 6.07) is 14.2. The highest BCUT2D eigenvalue weighted by molar-refractivity contribution is 5.96. The van der Waals surface area contributed by atoms with Gasteiger partial charge in [-0.15, -0.1) is 0 Å². The number of rotatable bonds is 9. The lowest BCUT2D eigenvalue weighted by atomic mass is 9.95. The highest BCUT2D eigenvalue weighted by Crippen LogP contribution is 2.30. The number of Topliss-reactive ketones (excluding diaryl/α,β-unsaturated/α-hetero) is 1. The van der Waals surface area contributed by atoms with Crippen molar-refractivity contribution in [3.05, 3.63) is 65.2 Å². The third-order valence-electron chi connectivity index (χ3n) is 5.13. The summed E-state index contributed by atoms with van der Waals surface area (Å²) in [5.74, 6) is 0.343. The van der Waals surface area contributed by atoms with Gasteiger partial charge < -0.3 is 9.84 Å². The molecular weight excluding hydrogens is 350 g/mol. The van der Waals surface area contributed by atoms with E-state index in [0.717, 1.165) is 19.3 Å². The molecule has 0 unspecified atom stereocenters. The molecule has 0 saturated heterocycles. The molecule has 3 nitrogen and oxygen atoms in total. The Hall–Kier alpha value is -2.27. The maximum atomic E-state index is 12.3. The van der Waals surface area contributed by atoms with E-state index in [-0.39, 0.29) is 18.0 Å². The van der Waals surface area contributed by atoms with Gasteiger partial charge in [0.25, 0.3) is 0 Å². The van der Waals surface area contributed by atoms with E-state index >= 15 is 0 Å². The van der Waals surface area contributed by atoms with Gasteiger partial charge in [0.05, 0.1) is 6.10 Å². The van der Waals surface area contributed by atoms with E-state index in [1.165, 1.54) is 29.3 Å². The average Bonchev–Trinajstić information content (AvgIpc) is 3.07. The van der Waals surface area contributed by atoms with Crippen molar-refractivity contribution < 1.29 is 23.4 Å². The first kappa shape index (κ1) is 19.5. The number of ether oxygens (including phenoxy) is 1. The largest absolute Gasteiger partial charge is 0.435 e. The summed E-state index contributed by atoms with van der Waals surface area (Å²) < 4.78 is 28.9. The van der Waals surface area contributed by atoms with Gasteiger partial charge in [-0.05, 0) is 61.3 Å². The number of alkyl halides is 2. The topological polar surface area (TPSA) is 46.5 Å². The summed E-state index contributed by atoms with van der Waals surface area (Å²) in [6.07, 6.45) is 3.74. The fourth-order valence-electron chi connectivity index (χ4n) is 3.71. The van der Waals surface area contributed by atoms with Crippen LogP contribution in [0, 0.1) is 5.92 Å². The van der Waals surface area contributed by atoms with E-state index in [2.05, 4.69) is 29.0 Å². The maximum absolute atomic E-state index is 12.3. The van der Waals surface area contributed by atoms with Crippen molar-refractivity contribution in [1.82, 2.24) is 0 Å². The molecule has 0 spiro atoms. The lowest BCUT2D eigenvalue weighted by molar-refractivity contribution is -0.0498. The predicted octanol–water partition coefficient (Wildman–Crippen LogP) is 4.81. The minimum absolute atomic E-state index is 0.0304. The lowest BCUT2D eigenvalue weighted by Gasteiger charge is -2.14. The van der Waals surface area contributed by atoms with Gasteiger partial charge in [0.2, 0.25) is 0 Å². The summed E-state index contributed by atoms with van der Waals surface area (Å²) in [7, 11) is 0. The minimum atomic E-state index is -2.92. The van der Waals surface area contributed by atoms with Crippen LogP contribution in [-0.2, 0) is 12.8 Å². The highest BCUT2D eigenvalue weighted by Gasteiger charge is 2.21. The molecule has 3 rings (SSSR count). The van der Waals surface area contributed by atoms with Crippen molar-refractivity contribution >= 4 is 5.78 Å². The molecule has 2 aromatic carbocycles. The van der Waals surface area contributed by atoms with E-state index < -0.39 is 12.7 Å². The van der Waals surface area contributed by atoms with Crippen LogP contribution >= 0.6 is 0 Å². The van der Waals surface area contributed by atoms with Crippen LogP contribution in [0.3, 0.4) is 0 Å². The van der Waals surface area contributed by atoms with E-state index in [9.17, 15) is 18.7 Å². The Morgan fingerprint density at radius 3 is 2.44 bits per heavy atom. The van der Waals surface area contributed by atoms with E-state index in [1.54, 1.807) is 6.07 Å². The van der Waals surface area contributed by atoms with Crippen LogP contribution in [0.4, 0.5) is 8.78 Å². The van der Waals surface area contributed by atoms with Crippen LogP contribution in [0.2, 0.25) is 0 Å². The zero-order valence-corrected chi connectivity index (χ0v) is 15.1. The molecule has 0 radical (unpaired) electrons. The van der Waals surface area contributed by atoms with Crippen LogP contribution in [0.1, 0.15) is 47.2 Å². The van der Waals surface area contributed by atoms with E-state index in [1.807, 2.05) is 0 Å². The highest BCUT2D eigenvalue weighted by atomic mass is 19.3. The third kappa shape index (κ3) is 5.60. The molecule has 1 N–H and O–H groups in total. The monoisotopic (exact) mass is 374 g/mol. The molecule has 27 heavy (non-hydrogen) atoms. The first-order valence-corrected chi connectivity index (χ1v) is 9.34. The average molecular weight is 374 g/mol. The number of carbonyl (C=O) groups is 1. The number of hydrogen-bond acceptors (Lipinski definition) is 3. The number of fused-ring (bicyclic) bond motifs is 1. The molecule has 0 aromatic heterocycles. The second-order valence-electron chi connectivity index (χ2n) is 7.14. The van der Waals surface area contributed by atoms with Crippen LogP contribution < -0.4 is 4.74 Å². The molecule has 0 heterocycles. The van der Waals surface area contributed by atoms with Crippen LogP contribution in [0.25, 0.3) is 0 Å². The minimum Gasteiger partial charge on any atom is -0.435 e. The molecule has 0 amide bonds. The Bertz CT molecular complexity index is 751. The number of aliphatic hydroxyl groups is 1. The van der Waals surface area contributed by atoms with Crippen molar-refractivity contribution in [1.29, 1.82) is 0 Å². The first-order valence-electron chi connectivity index (χ1n) is 9.34. The molecule has 2 aromatic rings. The second kappa shape index (κ2) is 9.09. The molecule has 1 atom stereocenters. The maximum Gasteiger partial charge on any atom is 0.387 e. The number of ketones is 1. The van der Waals surface area contributed by atoms with E-state index in [0.29, 0.717) is 24.3 Å². The summed E-state index contributed by atoms with van der Waals surface area (Å²) in [5.41, 5.74) is 3.13. The lowest BCUT2D eigenvalue weighted by Crippen LogP contribution is -2.13. The van der Waals surface area contributed by atoms with Gasteiger partial charge in [0.1, 0.15) is 5.75 Å². The van der Waals surface area contributed by atoms with Crippen molar-refractivity contribution in [2.45, 2.75) is 51.2 Å². The zero-order valence-electron chi connectivity index (χ0n) is 15.1. The fraction of sp³-hybridized carbons (Fsp3) is 0.409. The Kier molecular flexibility index (Phi) is 6.56. The number of aliphatic hydroxyl groups excluding tert-OH is 1. The SMILES string of the molecule is O=C(CC[C@@H](O)CCC1Cc2ccccc2C1)c1cccc(OC(F)F)c1. The van der Waals surface area contributed by atoms with Crippen LogP contribution in [0.5, 0.6) is 5.75 Å². The standard InChI is InChI=1S/C22H24F2O3/c23-22(24)27-20-7-3-6-18(14-20)21(26)11-10-19(25)9-8-15-12-16-4-1-2-5-17(16)13-15/h1-7,14-15,19,22,25H,8-13H2/t19-/m0/s1. The van der Waals surface area contributed by atoms with E-state index in [4.69, 9.17) is 0 Å². The van der Waals surface area contributed by atoms with Crippen molar-refractivity contribution in [3.63, 3.8) is 0 Å². The summed E-state index contributed by atoms with van der Waals surface area (Å²) in [5, 5.41) is 10.2. The molecule has 5 heteroatoms. The van der Waals surface area contributed by atoms with Gasteiger partial charge in [0.15, 0.2) is 5.78 Å². The van der Waals surface area contributed by atoms with Crippen molar-refractivity contribution in [2.75, 3.05) is 0 Å². The molecule has 0 fully saturated rings. The molecule has 1 aliphatic carbocycles. The molecule has 144 valence electrons. The second-order valence-corrected chi connectivity index (χ2v) is 7.14. The Morgan fingerprint density at radius 1 is 1.07 bits per heavy atom. The summed E-state index contributed by atoms with van der Waals surface area (Å²) >= 11 is 0. The van der Waals surface area contributed by atoms with Crippen LogP contribution in [0.15, 0.2) is 48.5 Å². The molecule has 0 bridgehead atoms. The van der Waals surface area contributed by atoms with Gasteiger partial charge >= 0.3 is 6.61 Å². The molecular formula is C22H24F2O3. The number of carbonyl (C=O) groups excluding carboxylic acids is 1. The third-order valence-corrected chi connectivity index (χ3v) is 5.13. The normalized spacial score (nSPS) is 15.0. The smallest absolute Gasteiger partial charge is 0.387 e. The summed E-state index contributed by atoms with van der Waals surface area (Å²) in [6.45, 7) is -2.92. The number of benzene rings is 2. The number of halogens is 2. The zero-order chi connectivity index (χ0) is 19.2. The molecule has 0 saturated carbocycles. The van der Waals surface area contributed by atoms with Gasteiger partial charge in [-0.2, -0.15) is 8.78 Å². The molecule has 0 aliphatic heterocycles. The first-order chi connectivity index (χ1) is 13.0. The number of hydrogen-bond donors (Lipinski definition) is 1. The Labute approximate surface area is 158 Å². The van der Waals surface area contributed by atoms with Crippen molar-refractivity contribution in [2.24, 2.45) is 5.92 Å². The summed E-state index contributed by atoms with van der Waals surface area (Å²) in [4.78, 5) is 12.2. The molecule has 1 aliphatic rings. The Balaban J connectivity index is 1.41. The van der Waals surface area contributed by atoms with Gasteiger partial charge in [-0.1, -0.05) is 36.4 Å². The van der Waals surface area contributed by atoms with Gasteiger partial charge in [0, 0.05) is 12.0 Å². The quantitative estimate of drug-likeness (QED) is 0.641. The van der Waals surface area contributed by atoms with Gasteiger partial charge in [-0.3, -0.25) is 4.79 Å². The van der Waals surface area contributed by atoms with Crippen LogP contribution in [-0.4, -0.2) is 23.6 Å². The van der Waals surface area contributed by atoms with Crippen molar-refractivity contribution in [3.8, 4) is 5.75 Å². The van der Waals surface area contributed by atoms with Gasteiger partial charge in [-0.25, -0.2) is 0 Å². The fourth-order valence-corrected chi connectivity index (χ4v) is 3.71.